The first-order chi connectivity index (χ1) is 8.46. The molecule has 0 aromatic heterocycles. The quantitative estimate of drug-likeness (QED) is 0.280. The molecule has 0 radical (unpaired) electrons. The van der Waals surface area contributed by atoms with Gasteiger partial charge in [0.1, 0.15) is 11.2 Å². The lowest BCUT2D eigenvalue weighted by Gasteiger charge is -2.52. The topological polar surface area (TPSA) is 110 Å². The van der Waals surface area contributed by atoms with Gasteiger partial charge >= 0.3 is 5.97 Å². The lowest BCUT2D eigenvalue weighted by Crippen LogP contribution is -2.78. The van der Waals surface area contributed by atoms with Crippen LogP contribution in [0.15, 0.2) is 0 Å². The summed E-state index contributed by atoms with van der Waals surface area (Å²) in [6.07, 6.45) is 0.390. The first kappa shape index (κ1) is 13.6. The molecule has 18 heavy (non-hydrogen) atoms. The molecule has 2 aliphatic rings. The predicted molar refractivity (Wildman–Crippen MR) is 65.4 cm³/mol. The van der Waals surface area contributed by atoms with Gasteiger partial charge in [-0.15, -0.1) is 0 Å². The largest absolute Gasteiger partial charge is 0.615 e. The molecule has 9 heteroatoms. The monoisotopic (exact) mass is 338 g/mol. The zero-order valence-electron chi connectivity index (χ0n) is 9.17. The molecule has 0 spiro atoms. The number of carboxylic acids is 1. The molecule has 2 fully saturated rings. The van der Waals surface area contributed by atoms with E-state index in [-0.39, 0.29) is 23.5 Å². The van der Waals surface area contributed by atoms with Crippen LogP contribution in [0.25, 0.3) is 0 Å². The number of rotatable bonds is 4. The fourth-order valence-corrected chi connectivity index (χ4v) is 5.08. The number of amides is 2. The van der Waals surface area contributed by atoms with Crippen LogP contribution in [0.2, 0.25) is 0 Å². The highest BCUT2D eigenvalue weighted by Gasteiger charge is 2.63. The maximum atomic E-state index is 12.0. The molecule has 0 bridgehead atoms. The van der Waals surface area contributed by atoms with Gasteiger partial charge in [0.2, 0.25) is 11.8 Å². The van der Waals surface area contributed by atoms with Crippen LogP contribution >= 0.6 is 15.9 Å². The van der Waals surface area contributed by atoms with Gasteiger partial charge in [-0.05, 0) is 11.2 Å². The molecule has 0 aromatic rings. The molecular weight excluding hydrogens is 328 g/mol. The van der Waals surface area contributed by atoms with Gasteiger partial charge in [0.25, 0.3) is 5.91 Å². The number of hydrogen-bond acceptors (Lipinski definition) is 4. The van der Waals surface area contributed by atoms with Crippen molar-refractivity contribution in [2.45, 2.75) is 11.4 Å². The number of hydrogen-bond donors (Lipinski definition) is 2. The summed E-state index contributed by atoms with van der Waals surface area (Å²) in [5, 5.41) is 11.1. The molecule has 2 saturated heterocycles. The van der Waals surface area contributed by atoms with Gasteiger partial charge in [-0.2, -0.15) is 0 Å². The zero-order valence-corrected chi connectivity index (χ0v) is 11.6. The van der Waals surface area contributed by atoms with Crippen molar-refractivity contribution in [1.82, 2.24) is 10.2 Å². The Morgan fingerprint density at radius 2 is 2.44 bits per heavy atom. The minimum atomic E-state index is -1.50. The van der Waals surface area contributed by atoms with Crippen molar-refractivity contribution in [3.05, 3.63) is 0 Å². The predicted octanol–water partition coefficient (Wildman–Crippen LogP) is -1.50. The molecule has 2 N–H and O–H groups in total. The summed E-state index contributed by atoms with van der Waals surface area (Å²) in [7, 11) is 0. The Labute approximate surface area is 114 Å². The number of β-lactam (4-membered cyclic amide) rings is 1. The molecule has 2 aliphatic heterocycles. The van der Waals surface area contributed by atoms with E-state index in [1.807, 2.05) is 0 Å². The Morgan fingerprint density at radius 3 is 2.94 bits per heavy atom. The van der Waals surface area contributed by atoms with E-state index in [2.05, 4.69) is 21.2 Å². The summed E-state index contributed by atoms with van der Waals surface area (Å²) in [5.74, 6) is -1.49. The third kappa shape index (κ3) is 1.81. The molecule has 100 valence electrons. The molecule has 2 rings (SSSR count). The van der Waals surface area contributed by atoms with Gasteiger partial charge in [0, 0.05) is 11.9 Å². The molecule has 3 unspecified atom stereocenters. The van der Waals surface area contributed by atoms with Crippen LogP contribution in [0.4, 0.5) is 0 Å². The molecule has 7 nitrogen and oxygen atoms in total. The third-order valence-corrected chi connectivity index (χ3v) is 6.24. The van der Waals surface area contributed by atoms with Crippen LogP contribution < -0.4 is 5.32 Å². The van der Waals surface area contributed by atoms with Crippen LogP contribution in [0.1, 0.15) is 0 Å². The van der Waals surface area contributed by atoms with Gasteiger partial charge < -0.3 is 15.0 Å². The zero-order chi connectivity index (χ0) is 13.5. The summed E-state index contributed by atoms with van der Waals surface area (Å²) < 4.78 is 12.0. The summed E-state index contributed by atoms with van der Waals surface area (Å²) in [4.78, 5) is 34.6. The van der Waals surface area contributed by atoms with Gasteiger partial charge in [-0.25, -0.2) is 0 Å². The lowest BCUT2D eigenvalue weighted by molar-refractivity contribution is -0.157. The second-order valence-electron chi connectivity index (χ2n) is 4.36. The minimum Gasteiger partial charge on any atom is -0.615 e. The Bertz CT molecular complexity index is 408. The van der Waals surface area contributed by atoms with Crippen molar-refractivity contribution < 1.29 is 24.0 Å². The van der Waals surface area contributed by atoms with E-state index in [1.54, 1.807) is 0 Å². The number of halogens is 1. The van der Waals surface area contributed by atoms with Crippen LogP contribution in [-0.2, 0) is 25.6 Å². The minimum absolute atomic E-state index is 0.0138. The maximum Gasteiger partial charge on any atom is 0.317 e. The van der Waals surface area contributed by atoms with Crippen LogP contribution in [0.5, 0.6) is 0 Å². The van der Waals surface area contributed by atoms with Gasteiger partial charge in [-0.1, -0.05) is 15.9 Å². The van der Waals surface area contributed by atoms with E-state index in [0.29, 0.717) is 6.41 Å². The number of carbonyl (C=O) groups excluding carboxylic acids is 2. The van der Waals surface area contributed by atoms with Gasteiger partial charge in [0.15, 0.2) is 6.04 Å². The fourth-order valence-electron chi connectivity index (χ4n) is 2.21. The number of fused-ring (bicyclic) bond motifs is 1. The second-order valence-corrected chi connectivity index (χ2v) is 6.46. The standard InChI is InChI=1S/C9H11BrN2O5S/c10-1-9(8(15)16)2-12-6(14)5(11-4-13)7(12)18(17)3-9/h4-5,7H,1-3H2,(H,11,13)(H,15,16)/t5?,7-,9?,18?/m1/s1. The highest BCUT2D eigenvalue weighted by molar-refractivity contribution is 9.09. The second kappa shape index (κ2) is 4.71. The molecule has 0 aliphatic carbocycles. The lowest BCUT2D eigenvalue weighted by atomic mass is 9.89. The van der Waals surface area contributed by atoms with Gasteiger partial charge in [-0.3, -0.25) is 19.3 Å². The van der Waals surface area contributed by atoms with Crippen LogP contribution in [0.3, 0.4) is 0 Å². The SMILES string of the molecule is O=CNC1C(=O)N2CC(CBr)(C(=O)O)C[S+]([O-])[C@H]12. The van der Waals surface area contributed by atoms with E-state index in [1.165, 1.54) is 4.90 Å². The molecule has 2 heterocycles. The number of carbonyl (C=O) groups is 3. The molecule has 4 atom stereocenters. The van der Waals surface area contributed by atoms with Gasteiger partial charge in [0.05, 0.1) is 0 Å². The van der Waals surface area contributed by atoms with Crippen molar-refractivity contribution >= 4 is 45.4 Å². The molecule has 2 amide bonds. The van der Waals surface area contributed by atoms with Crippen molar-refractivity contribution in [3.63, 3.8) is 0 Å². The number of nitrogens with zero attached hydrogens (tertiary/aromatic N) is 1. The number of carboxylic acid groups (broad SMARTS) is 1. The smallest absolute Gasteiger partial charge is 0.317 e. The summed E-state index contributed by atoms with van der Waals surface area (Å²) in [6.45, 7) is 0.0138. The fraction of sp³-hybridized carbons (Fsp3) is 0.667. The van der Waals surface area contributed by atoms with E-state index in [9.17, 15) is 24.0 Å². The van der Waals surface area contributed by atoms with Crippen molar-refractivity contribution in [2.75, 3.05) is 17.6 Å². The van der Waals surface area contributed by atoms with Crippen molar-refractivity contribution in [2.24, 2.45) is 5.41 Å². The maximum absolute atomic E-state index is 12.0. The van der Waals surface area contributed by atoms with E-state index < -0.39 is 34.0 Å². The Balaban J connectivity index is 2.20. The average Bonchev–Trinajstić information content (AvgIpc) is 2.34. The van der Waals surface area contributed by atoms with Crippen LogP contribution in [0, 0.1) is 5.41 Å². The Morgan fingerprint density at radius 1 is 1.78 bits per heavy atom. The van der Waals surface area contributed by atoms with E-state index in [4.69, 9.17) is 0 Å². The highest BCUT2D eigenvalue weighted by atomic mass is 79.9. The number of alkyl halides is 1. The highest BCUT2D eigenvalue weighted by Crippen LogP contribution is 2.39. The summed E-state index contributed by atoms with van der Waals surface area (Å²) >= 11 is 1.61. The number of nitrogens with one attached hydrogen (secondary N) is 1. The number of aliphatic carboxylic acids is 1. The normalized spacial score (nSPS) is 38.7. The van der Waals surface area contributed by atoms with E-state index >= 15 is 0 Å². The summed E-state index contributed by atoms with van der Waals surface area (Å²) in [6, 6.07) is -0.787. The average molecular weight is 339 g/mol. The van der Waals surface area contributed by atoms with Crippen molar-refractivity contribution in [1.29, 1.82) is 0 Å². The van der Waals surface area contributed by atoms with E-state index in [0.717, 1.165) is 0 Å². The molecule has 0 aromatic carbocycles. The Hall–Kier alpha value is -0.800. The first-order valence-corrected chi connectivity index (χ1v) is 7.64. The Kier molecular flexibility index (Phi) is 3.56. The first-order valence-electron chi connectivity index (χ1n) is 5.13. The van der Waals surface area contributed by atoms with Crippen molar-refractivity contribution in [3.8, 4) is 0 Å². The summed E-state index contributed by atoms with van der Waals surface area (Å²) in [5.41, 5.74) is -1.22. The molecule has 0 saturated carbocycles. The van der Waals surface area contributed by atoms with Crippen LogP contribution in [-0.4, -0.2) is 61.9 Å². The molecular formula is C9H11BrN2O5S. The third-order valence-electron chi connectivity index (χ3n) is 3.26.